The van der Waals surface area contributed by atoms with E-state index in [1.807, 2.05) is 6.07 Å². The fourth-order valence-corrected chi connectivity index (χ4v) is 2.23. The molecule has 7 nitrogen and oxygen atoms in total. The summed E-state index contributed by atoms with van der Waals surface area (Å²) in [7, 11) is 0. The van der Waals surface area contributed by atoms with Crippen LogP contribution in [0.1, 0.15) is 28.8 Å². The minimum absolute atomic E-state index is 0.155. The van der Waals surface area contributed by atoms with Gasteiger partial charge in [0.2, 0.25) is 11.8 Å². The maximum absolute atomic E-state index is 11.9. The molecular formula is C19H21N3O4. The van der Waals surface area contributed by atoms with Gasteiger partial charge >= 0.3 is 0 Å². The summed E-state index contributed by atoms with van der Waals surface area (Å²) in [5, 5.41) is 2.75. The first-order valence-electron chi connectivity index (χ1n) is 8.47. The van der Waals surface area contributed by atoms with E-state index in [9.17, 15) is 9.59 Å². The van der Waals surface area contributed by atoms with Crippen LogP contribution in [-0.4, -0.2) is 30.0 Å². The molecule has 136 valence electrons. The van der Waals surface area contributed by atoms with Crippen LogP contribution in [0.25, 0.3) is 0 Å². The number of carbonyl (C=O) groups is 2. The van der Waals surface area contributed by atoms with E-state index in [4.69, 9.17) is 15.2 Å². The number of hydrogen-bond acceptors (Lipinski definition) is 5. The lowest BCUT2D eigenvalue weighted by atomic mass is 10.2. The lowest BCUT2D eigenvalue weighted by Crippen LogP contribution is -2.28. The number of ether oxygens (including phenoxy) is 2. The Morgan fingerprint density at radius 3 is 2.73 bits per heavy atom. The molecule has 0 spiro atoms. The summed E-state index contributed by atoms with van der Waals surface area (Å²) in [6, 6.07) is 10.1. The van der Waals surface area contributed by atoms with Gasteiger partial charge in [0.15, 0.2) is 6.61 Å². The Hall–Kier alpha value is -3.09. The van der Waals surface area contributed by atoms with Crippen LogP contribution >= 0.6 is 0 Å². The lowest BCUT2D eigenvalue weighted by molar-refractivity contribution is -0.123. The van der Waals surface area contributed by atoms with Gasteiger partial charge in [-0.25, -0.2) is 4.98 Å². The van der Waals surface area contributed by atoms with E-state index in [0.29, 0.717) is 29.7 Å². The average molecular weight is 355 g/mol. The molecule has 0 bridgehead atoms. The Morgan fingerprint density at radius 1 is 1.19 bits per heavy atom. The first-order valence-corrected chi connectivity index (χ1v) is 8.47. The fraction of sp³-hybridized carbons (Fsp3) is 0.316. The van der Waals surface area contributed by atoms with Crippen molar-refractivity contribution in [3.8, 4) is 11.6 Å². The van der Waals surface area contributed by atoms with Crippen LogP contribution in [0.2, 0.25) is 0 Å². The summed E-state index contributed by atoms with van der Waals surface area (Å²) < 4.78 is 10.9. The largest absolute Gasteiger partial charge is 0.484 e. The van der Waals surface area contributed by atoms with Crippen LogP contribution in [0.15, 0.2) is 42.6 Å². The Balaban J connectivity index is 1.40. The van der Waals surface area contributed by atoms with Crippen LogP contribution in [0.3, 0.4) is 0 Å². The molecule has 2 amide bonds. The third kappa shape index (κ3) is 5.47. The molecule has 0 radical (unpaired) electrons. The zero-order valence-corrected chi connectivity index (χ0v) is 14.3. The summed E-state index contributed by atoms with van der Waals surface area (Å²) in [5.41, 5.74) is 6.41. The molecule has 1 fully saturated rings. The number of hydrogen-bond donors (Lipinski definition) is 2. The van der Waals surface area contributed by atoms with Crippen molar-refractivity contribution in [3.63, 3.8) is 0 Å². The Kier molecular flexibility index (Phi) is 5.68. The third-order valence-corrected chi connectivity index (χ3v) is 3.94. The fourth-order valence-electron chi connectivity index (χ4n) is 2.23. The van der Waals surface area contributed by atoms with Crippen molar-refractivity contribution in [2.24, 2.45) is 11.7 Å². The number of pyridine rings is 1. The second-order valence-electron chi connectivity index (χ2n) is 6.22. The standard InChI is InChI=1S/C19H21N3O4/c20-19(24)15-2-1-3-16(8-15)25-12-17(23)21-9-14-6-7-18(22-10-14)26-11-13-4-5-13/h1-3,6-8,10,13H,4-5,9,11-12H2,(H2,20,24)(H,21,23). The van der Waals surface area contributed by atoms with E-state index in [1.165, 1.54) is 18.9 Å². The lowest BCUT2D eigenvalue weighted by Gasteiger charge is -2.09. The van der Waals surface area contributed by atoms with Gasteiger partial charge in [-0.2, -0.15) is 0 Å². The first-order chi connectivity index (χ1) is 12.6. The third-order valence-electron chi connectivity index (χ3n) is 3.94. The van der Waals surface area contributed by atoms with E-state index < -0.39 is 5.91 Å². The maximum atomic E-state index is 11.9. The van der Waals surface area contributed by atoms with Gasteiger partial charge in [0, 0.05) is 24.4 Å². The number of carbonyl (C=O) groups excluding carboxylic acids is 2. The summed E-state index contributed by atoms with van der Waals surface area (Å²) in [5.74, 6) is 0.875. The van der Waals surface area contributed by atoms with Crippen molar-refractivity contribution in [1.29, 1.82) is 0 Å². The van der Waals surface area contributed by atoms with Gasteiger partial charge < -0.3 is 20.5 Å². The van der Waals surface area contributed by atoms with Crippen molar-refractivity contribution < 1.29 is 19.1 Å². The van der Waals surface area contributed by atoms with Gasteiger partial charge in [-0.1, -0.05) is 12.1 Å². The van der Waals surface area contributed by atoms with Gasteiger partial charge in [-0.15, -0.1) is 0 Å². The molecule has 0 aliphatic heterocycles. The number of amides is 2. The zero-order valence-electron chi connectivity index (χ0n) is 14.3. The molecule has 1 heterocycles. The highest BCUT2D eigenvalue weighted by molar-refractivity contribution is 5.93. The normalized spacial score (nSPS) is 13.1. The van der Waals surface area contributed by atoms with Crippen LogP contribution in [0.5, 0.6) is 11.6 Å². The molecular weight excluding hydrogens is 334 g/mol. The maximum Gasteiger partial charge on any atom is 0.258 e. The SMILES string of the molecule is NC(=O)c1cccc(OCC(=O)NCc2ccc(OCC3CC3)nc2)c1. The number of rotatable bonds is 9. The first kappa shape index (κ1) is 17.7. The van der Waals surface area contributed by atoms with Crippen molar-refractivity contribution >= 4 is 11.8 Å². The smallest absolute Gasteiger partial charge is 0.258 e. The number of nitrogens with one attached hydrogen (secondary N) is 1. The predicted octanol–water partition coefficient (Wildman–Crippen LogP) is 1.66. The van der Waals surface area contributed by atoms with Gasteiger partial charge in [-0.3, -0.25) is 9.59 Å². The number of nitrogens with two attached hydrogens (primary N) is 1. The molecule has 7 heteroatoms. The summed E-state index contributed by atoms with van der Waals surface area (Å²) in [6.45, 7) is 0.912. The zero-order chi connectivity index (χ0) is 18.4. The Bertz CT molecular complexity index is 773. The molecule has 0 atom stereocenters. The van der Waals surface area contributed by atoms with E-state index in [-0.39, 0.29) is 12.5 Å². The highest BCUT2D eigenvalue weighted by atomic mass is 16.5. The molecule has 3 rings (SSSR count). The summed E-state index contributed by atoms with van der Waals surface area (Å²) >= 11 is 0. The van der Waals surface area contributed by atoms with Crippen molar-refractivity contribution in [1.82, 2.24) is 10.3 Å². The highest BCUT2D eigenvalue weighted by Crippen LogP contribution is 2.29. The minimum atomic E-state index is -0.544. The molecule has 1 saturated carbocycles. The summed E-state index contributed by atoms with van der Waals surface area (Å²) in [6.07, 6.45) is 4.15. The van der Waals surface area contributed by atoms with E-state index >= 15 is 0 Å². The second-order valence-corrected chi connectivity index (χ2v) is 6.22. The van der Waals surface area contributed by atoms with Crippen molar-refractivity contribution in [2.45, 2.75) is 19.4 Å². The monoisotopic (exact) mass is 355 g/mol. The van der Waals surface area contributed by atoms with Crippen molar-refractivity contribution in [3.05, 3.63) is 53.7 Å². The number of benzene rings is 1. The molecule has 1 aromatic carbocycles. The van der Waals surface area contributed by atoms with Crippen LogP contribution in [-0.2, 0) is 11.3 Å². The number of primary amides is 1. The van der Waals surface area contributed by atoms with E-state index in [1.54, 1.807) is 30.5 Å². The quantitative estimate of drug-likeness (QED) is 0.712. The molecule has 1 aliphatic carbocycles. The van der Waals surface area contributed by atoms with E-state index in [2.05, 4.69) is 10.3 Å². The molecule has 1 aromatic heterocycles. The Morgan fingerprint density at radius 2 is 2.04 bits per heavy atom. The average Bonchev–Trinajstić information content (AvgIpc) is 3.48. The predicted molar refractivity (Wildman–Crippen MR) is 94.8 cm³/mol. The van der Waals surface area contributed by atoms with Gasteiger partial charge in [0.1, 0.15) is 5.75 Å². The molecule has 26 heavy (non-hydrogen) atoms. The van der Waals surface area contributed by atoms with Gasteiger partial charge in [0.25, 0.3) is 5.91 Å². The van der Waals surface area contributed by atoms with Gasteiger partial charge in [-0.05, 0) is 42.5 Å². The van der Waals surface area contributed by atoms with Crippen LogP contribution in [0.4, 0.5) is 0 Å². The van der Waals surface area contributed by atoms with Crippen LogP contribution in [0, 0.1) is 5.92 Å². The second kappa shape index (κ2) is 8.33. The van der Waals surface area contributed by atoms with Gasteiger partial charge in [0.05, 0.1) is 6.61 Å². The molecule has 0 unspecified atom stereocenters. The number of nitrogens with zero attached hydrogens (tertiary/aromatic N) is 1. The van der Waals surface area contributed by atoms with Crippen molar-refractivity contribution in [2.75, 3.05) is 13.2 Å². The number of aromatic nitrogens is 1. The van der Waals surface area contributed by atoms with E-state index in [0.717, 1.165) is 12.2 Å². The van der Waals surface area contributed by atoms with Crippen LogP contribution < -0.4 is 20.5 Å². The summed E-state index contributed by atoms with van der Waals surface area (Å²) in [4.78, 5) is 27.2. The topological polar surface area (TPSA) is 104 Å². The molecule has 1 aliphatic rings. The molecule has 3 N–H and O–H groups in total. The molecule has 2 aromatic rings. The molecule has 0 saturated heterocycles. The highest BCUT2D eigenvalue weighted by Gasteiger charge is 2.22. The minimum Gasteiger partial charge on any atom is -0.484 e. The Labute approximate surface area is 151 Å².